The van der Waals surface area contributed by atoms with Gasteiger partial charge < -0.3 is 14.7 Å². The van der Waals surface area contributed by atoms with E-state index in [0.29, 0.717) is 5.56 Å². The largest absolute Gasteiger partial charge is 0.353 e. The molecule has 0 radical (unpaired) electrons. The van der Waals surface area contributed by atoms with Gasteiger partial charge >= 0.3 is 0 Å². The SMILES string of the molecule is CN(C(=O)c1ccc(N2CCN(c3ccccn3)CC2)nc1)c1ccccc1. The molecule has 1 aliphatic heterocycles. The summed E-state index contributed by atoms with van der Waals surface area (Å²) in [5, 5.41) is 0. The minimum atomic E-state index is -0.0646. The number of hydrogen-bond acceptors (Lipinski definition) is 5. The molecule has 1 saturated heterocycles. The molecule has 1 aromatic carbocycles. The number of piperazine rings is 1. The summed E-state index contributed by atoms with van der Waals surface area (Å²) in [6.45, 7) is 3.55. The summed E-state index contributed by atoms with van der Waals surface area (Å²) in [5.41, 5.74) is 1.45. The molecule has 0 N–H and O–H groups in total. The van der Waals surface area contributed by atoms with Crippen LogP contribution in [0.3, 0.4) is 0 Å². The fourth-order valence-electron chi connectivity index (χ4n) is 3.37. The fourth-order valence-corrected chi connectivity index (χ4v) is 3.37. The van der Waals surface area contributed by atoms with Crippen molar-refractivity contribution in [2.75, 3.05) is 47.9 Å². The lowest BCUT2D eigenvalue weighted by Gasteiger charge is -2.36. The van der Waals surface area contributed by atoms with E-state index in [1.807, 2.05) is 66.9 Å². The summed E-state index contributed by atoms with van der Waals surface area (Å²) in [4.78, 5) is 27.8. The highest BCUT2D eigenvalue weighted by molar-refractivity contribution is 6.05. The van der Waals surface area contributed by atoms with Crippen molar-refractivity contribution in [3.63, 3.8) is 0 Å². The van der Waals surface area contributed by atoms with Crippen LogP contribution in [0.15, 0.2) is 73.1 Å². The second-order valence-corrected chi connectivity index (χ2v) is 6.77. The van der Waals surface area contributed by atoms with Gasteiger partial charge in [0.05, 0.1) is 5.56 Å². The lowest BCUT2D eigenvalue weighted by Crippen LogP contribution is -2.47. The lowest BCUT2D eigenvalue weighted by atomic mass is 10.2. The molecular weight excluding hydrogens is 350 g/mol. The molecule has 1 fully saturated rings. The van der Waals surface area contributed by atoms with Gasteiger partial charge in [0.1, 0.15) is 11.6 Å². The Morgan fingerprint density at radius 3 is 2.04 bits per heavy atom. The van der Waals surface area contributed by atoms with Crippen LogP contribution in [0.5, 0.6) is 0 Å². The fraction of sp³-hybridized carbons (Fsp3) is 0.227. The Morgan fingerprint density at radius 2 is 1.46 bits per heavy atom. The molecule has 0 saturated carbocycles. The number of para-hydroxylation sites is 1. The van der Waals surface area contributed by atoms with E-state index < -0.39 is 0 Å². The first-order valence-corrected chi connectivity index (χ1v) is 9.42. The first-order valence-electron chi connectivity index (χ1n) is 9.42. The quantitative estimate of drug-likeness (QED) is 0.703. The van der Waals surface area contributed by atoms with Gasteiger partial charge in [0.2, 0.25) is 0 Å². The molecule has 0 spiro atoms. The Kier molecular flexibility index (Phi) is 5.19. The number of amides is 1. The maximum Gasteiger partial charge on any atom is 0.259 e. The van der Waals surface area contributed by atoms with Crippen molar-refractivity contribution in [2.24, 2.45) is 0 Å². The molecule has 1 amide bonds. The Balaban J connectivity index is 1.39. The Hall–Kier alpha value is -3.41. The van der Waals surface area contributed by atoms with Crippen LogP contribution < -0.4 is 14.7 Å². The summed E-state index contributed by atoms with van der Waals surface area (Å²) >= 11 is 0. The third kappa shape index (κ3) is 3.81. The van der Waals surface area contributed by atoms with Gasteiger partial charge in [-0.15, -0.1) is 0 Å². The number of aromatic nitrogens is 2. The van der Waals surface area contributed by atoms with Crippen LogP contribution in [0.4, 0.5) is 17.3 Å². The Labute approximate surface area is 165 Å². The maximum atomic E-state index is 12.7. The second kappa shape index (κ2) is 8.08. The number of carbonyl (C=O) groups excluding carboxylic acids is 1. The summed E-state index contributed by atoms with van der Waals surface area (Å²) in [7, 11) is 1.78. The number of pyridine rings is 2. The zero-order valence-corrected chi connectivity index (χ0v) is 15.9. The molecule has 4 rings (SSSR count). The molecule has 142 valence electrons. The van der Waals surface area contributed by atoms with Gasteiger partial charge in [0.15, 0.2) is 0 Å². The number of nitrogens with zero attached hydrogens (tertiary/aromatic N) is 5. The molecule has 0 unspecified atom stereocenters. The Bertz CT molecular complexity index is 907. The van der Waals surface area contributed by atoms with Crippen molar-refractivity contribution in [1.29, 1.82) is 0 Å². The summed E-state index contributed by atoms with van der Waals surface area (Å²) in [5.74, 6) is 1.85. The molecule has 28 heavy (non-hydrogen) atoms. The van der Waals surface area contributed by atoms with Crippen molar-refractivity contribution in [1.82, 2.24) is 9.97 Å². The van der Waals surface area contributed by atoms with Crippen LogP contribution in [0.25, 0.3) is 0 Å². The maximum absolute atomic E-state index is 12.7. The molecule has 0 aliphatic carbocycles. The van der Waals surface area contributed by atoms with Crippen LogP contribution in [0, 0.1) is 0 Å². The first-order chi connectivity index (χ1) is 13.7. The highest BCUT2D eigenvalue weighted by atomic mass is 16.2. The van der Waals surface area contributed by atoms with Crippen LogP contribution in [0.2, 0.25) is 0 Å². The number of anilines is 3. The molecule has 3 aromatic rings. The van der Waals surface area contributed by atoms with Gasteiger partial charge in [0.25, 0.3) is 5.91 Å². The number of rotatable bonds is 4. The Morgan fingerprint density at radius 1 is 0.821 bits per heavy atom. The van der Waals surface area contributed by atoms with Gasteiger partial charge in [-0.05, 0) is 36.4 Å². The van der Waals surface area contributed by atoms with E-state index in [-0.39, 0.29) is 5.91 Å². The van der Waals surface area contributed by atoms with E-state index in [1.54, 1.807) is 18.1 Å². The first kappa shape index (κ1) is 18.0. The van der Waals surface area contributed by atoms with Crippen molar-refractivity contribution < 1.29 is 4.79 Å². The molecular formula is C22H23N5O. The van der Waals surface area contributed by atoms with Crippen molar-refractivity contribution >= 4 is 23.2 Å². The average Bonchev–Trinajstić information content (AvgIpc) is 2.79. The van der Waals surface area contributed by atoms with E-state index in [2.05, 4.69) is 19.8 Å². The second-order valence-electron chi connectivity index (χ2n) is 6.77. The minimum Gasteiger partial charge on any atom is -0.353 e. The normalized spacial score (nSPS) is 14.0. The van der Waals surface area contributed by atoms with Crippen LogP contribution in [-0.4, -0.2) is 49.1 Å². The lowest BCUT2D eigenvalue weighted by molar-refractivity contribution is 0.0992. The minimum absolute atomic E-state index is 0.0646. The van der Waals surface area contributed by atoms with Gasteiger partial charge in [-0.2, -0.15) is 0 Å². The standard InChI is InChI=1S/C22H23N5O/c1-25(19-7-3-2-4-8-19)22(28)18-10-11-21(24-17-18)27-15-13-26(14-16-27)20-9-5-6-12-23-20/h2-12,17H,13-16H2,1H3. The van der Waals surface area contributed by atoms with E-state index >= 15 is 0 Å². The topological polar surface area (TPSA) is 52.6 Å². The van der Waals surface area contributed by atoms with Crippen LogP contribution >= 0.6 is 0 Å². The number of benzene rings is 1. The van der Waals surface area contributed by atoms with E-state index in [4.69, 9.17) is 0 Å². The van der Waals surface area contributed by atoms with E-state index in [9.17, 15) is 4.79 Å². The highest BCUT2D eigenvalue weighted by Crippen LogP contribution is 2.19. The summed E-state index contributed by atoms with van der Waals surface area (Å²) in [6, 6.07) is 19.4. The molecule has 3 heterocycles. The molecule has 1 aliphatic rings. The summed E-state index contributed by atoms with van der Waals surface area (Å²) in [6.07, 6.45) is 3.49. The van der Waals surface area contributed by atoms with Gasteiger partial charge in [-0.1, -0.05) is 24.3 Å². The average molecular weight is 373 g/mol. The van der Waals surface area contributed by atoms with Crippen molar-refractivity contribution in [3.8, 4) is 0 Å². The molecule has 0 atom stereocenters. The molecule has 6 nitrogen and oxygen atoms in total. The van der Waals surface area contributed by atoms with E-state index in [0.717, 1.165) is 43.5 Å². The number of carbonyl (C=O) groups is 1. The monoisotopic (exact) mass is 373 g/mol. The molecule has 0 bridgehead atoms. The third-order valence-electron chi connectivity index (χ3n) is 5.02. The van der Waals surface area contributed by atoms with Crippen molar-refractivity contribution in [3.05, 3.63) is 78.6 Å². The van der Waals surface area contributed by atoms with Crippen LogP contribution in [0.1, 0.15) is 10.4 Å². The van der Waals surface area contributed by atoms with Crippen LogP contribution in [-0.2, 0) is 0 Å². The predicted molar refractivity (Wildman–Crippen MR) is 112 cm³/mol. The third-order valence-corrected chi connectivity index (χ3v) is 5.02. The van der Waals surface area contributed by atoms with E-state index in [1.165, 1.54) is 0 Å². The van der Waals surface area contributed by atoms with Gasteiger partial charge in [-0.25, -0.2) is 9.97 Å². The van der Waals surface area contributed by atoms with Crippen molar-refractivity contribution in [2.45, 2.75) is 0 Å². The summed E-state index contributed by atoms with van der Waals surface area (Å²) < 4.78 is 0. The predicted octanol–water partition coefficient (Wildman–Crippen LogP) is 3.08. The highest BCUT2D eigenvalue weighted by Gasteiger charge is 2.20. The molecule has 2 aromatic heterocycles. The van der Waals surface area contributed by atoms with Gasteiger partial charge in [-0.3, -0.25) is 4.79 Å². The smallest absolute Gasteiger partial charge is 0.259 e. The zero-order valence-electron chi connectivity index (χ0n) is 15.9. The number of hydrogen-bond donors (Lipinski definition) is 0. The zero-order chi connectivity index (χ0) is 19.3. The molecule has 6 heteroatoms. The van der Waals surface area contributed by atoms with Gasteiger partial charge in [0, 0.05) is 51.3 Å².